The van der Waals surface area contributed by atoms with Gasteiger partial charge in [0.1, 0.15) is 5.75 Å². The highest BCUT2D eigenvalue weighted by Gasteiger charge is 2.18. The third kappa shape index (κ3) is 4.95. The van der Waals surface area contributed by atoms with E-state index in [1.807, 2.05) is 29.2 Å². The number of amides is 3. The summed E-state index contributed by atoms with van der Waals surface area (Å²) in [5, 5.41) is 5.60. The molecule has 1 heterocycles. The SMILES string of the molecule is COc1cccc(CNC(=O)NCCCN2CCCC2=O)c1. The Bertz CT molecular complexity index is 519. The van der Waals surface area contributed by atoms with Crippen LogP contribution >= 0.6 is 0 Å². The molecule has 1 aromatic carbocycles. The number of rotatable bonds is 7. The minimum atomic E-state index is -0.199. The number of carbonyl (C=O) groups excluding carboxylic acids is 2. The number of benzene rings is 1. The van der Waals surface area contributed by atoms with Crippen LogP contribution in [0.15, 0.2) is 24.3 Å². The molecule has 2 rings (SSSR count). The van der Waals surface area contributed by atoms with Crippen LogP contribution in [-0.4, -0.2) is 43.6 Å². The molecular formula is C16H23N3O3. The molecule has 6 nitrogen and oxygen atoms in total. The number of methoxy groups -OCH3 is 1. The number of hydrogen-bond donors (Lipinski definition) is 2. The Kier molecular flexibility index (Phi) is 6.06. The van der Waals surface area contributed by atoms with Gasteiger partial charge >= 0.3 is 6.03 Å². The fourth-order valence-corrected chi connectivity index (χ4v) is 2.44. The molecule has 6 heteroatoms. The summed E-state index contributed by atoms with van der Waals surface area (Å²) < 4.78 is 5.14. The van der Waals surface area contributed by atoms with Crippen molar-refractivity contribution in [2.75, 3.05) is 26.7 Å². The number of nitrogens with zero attached hydrogens (tertiary/aromatic N) is 1. The normalized spacial score (nSPS) is 14.0. The van der Waals surface area contributed by atoms with Gasteiger partial charge in [0.2, 0.25) is 5.91 Å². The summed E-state index contributed by atoms with van der Waals surface area (Å²) in [5.74, 6) is 0.998. The molecule has 0 spiro atoms. The molecule has 1 aliphatic rings. The molecule has 0 atom stereocenters. The number of carbonyl (C=O) groups is 2. The maximum atomic E-state index is 11.7. The monoisotopic (exact) mass is 305 g/mol. The molecule has 0 radical (unpaired) electrons. The Morgan fingerprint density at radius 1 is 1.36 bits per heavy atom. The van der Waals surface area contributed by atoms with E-state index in [1.54, 1.807) is 7.11 Å². The van der Waals surface area contributed by atoms with Crippen LogP contribution in [0.2, 0.25) is 0 Å². The van der Waals surface area contributed by atoms with Gasteiger partial charge in [-0.25, -0.2) is 4.79 Å². The van der Waals surface area contributed by atoms with Crippen LogP contribution in [0.25, 0.3) is 0 Å². The summed E-state index contributed by atoms with van der Waals surface area (Å²) in [6.07, 6.45) is 2.39. The van der Waals surface area contributed by atoms with E-state index >= 15 is 0 Å². The van der Waals surface area contributed by atoms with Gasteiger partial charge in [-0.3, -0.25) is 4.79 Å². The van der Waals surface area contributed by atoms with Gasteiger partial charge in [-0.2, -0.15) is 0 Å². The van der Waals surface area contributed by atoms with Crippen molar-refractivity contribution in [2.45, 2.75) is 25.8 Å². The molecule has 1 fully saturated rings. The van der Waals surface area contributed by atoms with Gasteiger partial charge in [0.25, 0.3) is 0 Å². The highest BCUT2D eigenvalue weighted by atomic mass is 16.5. The minimum absolute atomic E-state index is 0.199. The second-order valence-corrected chi connectivity index (χ2v) is 5.30. The van der Waals surface area contributed by atoms with E-state index in [0.717, 1.165) is 37.2 Å². The van der Waals surface area contributed by atoms with Crippen LogP contribution in [0.1, 0.15) is 24.8 Å². The van der Waals surface area contributed by atoms with Gasteiger partial charge in [-0.05, 0) is 30.5 Å². The molecule has 0 unspecified atom stereocenters. The average Bonchev–Trinajstić information content (AvgIpc) is 2.95. The van der Waals surface area contributed by atoms with Gasteiger partial charge in [0.15, 0.2) is 0 Å². The van der Waals surface area contributed by atoms with Crippen LogP contribution in [0.5, 0.6) is 5.75 Å². The molecule has 2 N–H and O–H groups in total. The van der Waals surface area contributed by atoms with Crippen molar-refractivity contribution in [1.82, 2.24) is 15.5 Å². The standard InChI is InChI=1S/C16H23N3O3/c1-22-14-6-2-5-13(11-14)12-18-16(21)17-8-4-10-19-9-3-7-15(19)20/h2,5-6,11H,3-4,7-10,12H2,1H3,(H2,17,18,21). The molecule has 1 aromatic rings. The van der Waals surface area contributed by atoms with Crippen LogP contribution in [0, 0.1) is 0 Å². The highest BCUT2D eigenvalue weighted by molar-refractivity contribution is 5.78. The molecule has 1 saturated heterocycles. The predicted molar refractivity (Wildman–Crippen MR) is 83.7 cm³/mol. The topological polar surface area (TPSA) is 70.7 Å². The third-order valence-corrected chi connectivity index (χ3v) is 3.65. The maximum Gasteiger partial charge on any atom is 0.315 e. The summed E-state index contributed by atoms with van der Waals surface area (Å²) in [6, 6.07) is 7.38. The van der Waals surface area contributed by atoms with Crippen LogP contribution in [0.3, 0.4) is 0 Å². The van der Waals surface area contributed by atoms with Gasteiger partial charge in [-0.15, -0.1) is 0 Å². The number of likely N-dealkylation sites (tertiary alicyclic amines) is 1. The molecule has 0 aliphatic carbocycles. The smallest absolute Gasteiger partial charge is 0.315 e. The second-order valence-electron chi connectivity index (χ2n) is 5.30. The van der Waals surface area contributed by atoms with Crippen LogP contribution in [-0.2, 0) is 11.3 Å². The summed E-state index contributed by atoms with van der Waals surface area (Å²) in [7, 11) is 1.62. The van der Waals surface area contributed by atoms with Crippen molar-refractivity contribution >= 4 is 11.9 Å². The Morgan fingerprint density at radius 3 is 2.95 bits per heavy atom. The first-order valence-corrected chi connectivity index (χ1v) is 7.61. The summed E-state index contributed by atoms with van der Waals surface area (Å²) >= 11 is 0. The number of hydrogen-bond acceptors (Lipinski definition) is 3. The summed E-state index contributed by atoms with van der Waals surface area (Å²) in [4.78, 5) is 25.0. The van der Waals surface area contributed by atoms with E-state index in [2.05, 4.69) is 10.6 Å². The fourth-order valence-electron chi connectivity index (χ4n) is 2.44. The quantitative estimate of drug-likeness (QED) is 0.750. The number of urea groups is 1. The molecule has 1 aliphatic heterocycles. The average molecular weight is 305 g/mol. The van der Waals surface area contributed by atoms with Gasteiger partial charge in [-0.1, -0.05) is 12.1 Å². The van der Waals surface area contributed by atoms with E-state index in [4.69, 9.17) is 4.74 Å². The first kappa shape index (κ1) is 16.1. The molecular weight excluding hydrogens is 282 g/mol. The van der Waals surface area contributed by atoms with Crippen molar-refractivity contribution < 1.29 is 14.3 Å². The summed E-state index contributed by atoms with van der Waals surface area (Å²) in [6.45, 7) is 2.58. The molecule has 3 amide bonds. The summed E-state index contributed by atoms with van der Waals surface area (Å²) in [5.41, 5.74) is 0.983. The zero-order chi connectivity index (χ0) is 15.8. The Morgan fingerprint density at radius 2 is 2.23 bits per heavy atom. The molecule has 0 bridgehead atoms. The minimum Gasteiger partial charge on any atom is -0.497 e. The lowest BCUT2D eigenvalue weighted by atomic mass is 10.2. The third-order valence-electron chi connectivity index (χ3n) is 3.65. The second kappa shape index (κ2) is 8.26. The number of nitrogens with one attached hydrogen (secondary N) is 2. The van der Waals surface area contributed by atoms with Crippen LogP contribution < -0.4 is 15.4 Å². The number of ether oxygens (including phenoxy) is 1. The molecule has 120 valence electrons. The Labute approximate surface area is 130 Å². The first-order valence-electron chi connectivity index (χ1n) is 7.61. The van der Waals surface area contributed by atoms with Crippen molar-refractivity contribution in [1.29, 1.82) is 0 Å². The van der Waals surface area contributed by atoms with Crippen molar-refractivity contribution in [3.8, 4) is 5.75 Å². The zero-order valence-electron chi connectivity index (χ0n) is 12.9. The zero-order valence-corrected chi connectivity index (χ0v) is 12.9. The molecule has 0 aromatic heterocycles. The Balaban J connectivity index is 1.60. The maximum absolute atomic E-state index is 11.7. The van der Waals surface area contributed by atoms with E-state index in [0.29, 0.717) is 19.5 Å². The van der Waals surface area contributed by atoms with Crippen LogP contribution in [0.4, 0.5) is 4.79 Å². The highest BCUT2D eigenvalue weighted by Crippen LogP contribution is 2.12. The fraction of sp³-hybridized carbons (Fsp3) is 0.500. The predicted octanol–water partition coefficient (Wildman–Crippen LogP) is 1.51. The van der Waals surface area contributed by atoms with Gasteiger partial charge in [0, 0.05) is 32.6 Å². The first-order chi connectivity index (χ1) is 10.7. The lowest BCUT2D eigenvalue weighted by molar-refractivity contribution is -0.127. The van der Waals surface area contributed by atoms with Crippen molar-refractivity contribution in [2.24, 2.45) is 0 Å². The lowest BCUT2D eigenvalue weighted by Gasteiger charge is -2.15. The largest absolute Gasteiger partial charge is 0.497 e. The van der Waals surface area contributed by atoms with E-state index in [1.165, 1.54) is 0 Å². The Hall–Kier alpha value is -2.24. The van der Waals surface area contributed by atoms with E-state index in [-0.39, 0.29) is 11.9 Å². The van der Waals surface area contributed by atoms with Crippen molar-refractivity contribution in [3.63, 3.8) is 0 Å². The van der Waals surface area contributed by atoms with E-state index < -0.39 is 0 Å². The van der Waals surface area contributed by atoms with E-state index in [9.17, 15) is 9.59 Å². The molecule has 0 saturated carbocycles. The van der Waals surface area contributed by atoms with Crippen molar-refractivity contribution in [3.05, 3.63) is 29.8 Å². The lowest BCUT2D eigenvalue weighted by Crippen LogP contribution is -2.37. The molecule has 22 heavy (non-hydrogen) atoms. The van der Waals surface area contributed by atoms with Gasteiger partial charge < -0.3 is 20.3 Å². The van der Waals surface area contributed by atoms with Gasteiger partial charge in [0.05, 0.1) is 7.11 Å².